The van der Waals surface area contributed by atoms with Crippen LogP contribution in [-0.4, -0.2) is 51.7 Å². The fraction of sp³-hybridized carbons (Fsp3) is 0.828. The summed E-state index contributed by atoms with van der Waals surface area (Å²) < 4.78 is 15.6. The van der Waals surface area contributed by atoms with Crippen LogP contribution >= 0.6 is 11.3 Å². The lowest BCUT2D eigenvalue weighted by molar-refractivity contribution is -0.382. The van der Waals surface area contributed by atoms with E-state index < -0.39 is 18.3 Å². The van der Waals surface area contributed by atoms with Crippen LogP contribution in [0.4, 0.5) is 9.59 Å². The molecular weight excluding hydrogens is 582 g/mol. The predicted octanol–water partition coefficient (Wildman–Crippen LogP) is 3.84. The van der Waals surface area contributed by atoms with Crippen molar-refractivity contribution >= 4 is 23.5 Å². The number of carbonyl (C=O) groups is 2. The number of ether oxygens (including phenoxy) is 3. The van der Waals surface area contributed by atoms with Crippen molar-refractivity contribution in [2.75, 3.05) is 33.4 Å². The van der Waals surface area contributed by atoms with Crippen LogP contribution in [-0.2, 0) is 20.6 Å². The SMILES string of the molecule is CCCCCCCCCCCCCCCCCCNC(=O)OCC(COC(=O)NCCc1[nH+]ccs1)OC.[Br-]. The van der Waals surface area contributed by atoms with E-state index in [1.54, 1.807) is 11.3 Å². The summed E-state index contributed by atoms with van der Waals surface area (Å²) in [6.07, 6.45) is 22.3. The van der Waals surface area contributed by atoms with Crippen molar-refractivity contribution in [1.82, 2.24) is 10.6 Å². The third-order valence-corrected chi connectivity index (χ3v) is 7.46. The van der Waals surface area contributed by atoms with E-state index in [0.717, 1.165) is 17.8 Å². The minimum absolute atomic E-state index is 0. The van der Waals surface area contributed by atoms with Gasteiger partial charge in [0.1, 0.15) is 19.3 Å². The van der Waals surface area contributed by atoms with Gasteiger partial charge in [0.2, 0.25) is 5.01 Å². The molecule has 0 aliphatic rings. The Morgan fingerprint density at radius 1 is 0.769 bits per heavy atom. The molecule has 0 aliphatic heterocycles. The number of aromatic amines is 1. The summed E-state index contributed by atoms with van der Waals surface area (Å²) in [6.45, 7) is 3.40. The van der Waals surface area contributed by atoms with Crippen molar-refractivity contribution in [2.24, 2.45) is 0 Å². The molecule has 0 saturated heterocycles. The first-order chi connectivity index (χ1) is 18.7. The van der Waals surface area contributed by atoms with Gasteiger partial charge in [-0.15, -0.1) is 0 Å². The summed E-state index contributed by atoms with van der Waals surface area (Å²) in [5.74, 6) is 0. The van der Waals surface area contributed by atoms with Crippen molar-refractivity contribution in [3.05, 3.63) is 16.6 Å². The fourth-order valence-corrected chi connectivity index (χ4v) is 4.83. The first-order valence-electron chi connectivity index (χ1n) is 14.9. The molecule has 0 aliphatic carbocycles. The lowest BCUT2D eigenvalue weighted by Crippen LogP contribution is -3.00. The third kappa shape index (κ3) is 24.2. The van der Waals surface area contributed by atoms with Gasteiger partial charge in [-0.3, -0.25) is 0 Å². The molecule has 2 amide bonds. The number of methoxy groups -OCH3 is 1. The summed E-state index contributed by atoms with van der Waals surface area (Å²) >= 11 is 1.60. The second-order valence-corrected chi connectivity index (χ2v) is 11.0. The first kappa shape index (κ1) is 37.6. The summed E-state index contributed by atoms with van der Waals surface area (Å²) in [6, 6.07) is 0. The van der Waals surface area contributed by atoms with Gasteiger partial charge in [0.15, 0.2) is 6.20 Å². The molecule has 39 heavy (non-hydrogen) atoms. The molecule has 1 rings (SSSR count). The molecule has 228 valence electrons. The van der Waals surface area contributed by atoms with E-state index in [2.05, 4.69) is 22.5 Å². The van der Waals surface area contributed by atoms with Crippen LogP contribution in [0.3, 0.4) is 0 Å². The van der Waals surface area contributed by atoms with Crippen molar-refractivity contribution in [3.8, 4) is 0 Å². The van der Waals surface area contributed by atoms with Crippen molar-refractivity contribution in [2.45, 2.75) is 122 Å². The molecule has 0 bridgehead atoms. The van der Waals surface area contributed by atoms with E-state index >= 15 is 0 Å². The van der Waals surface area contributed by atoms with Crippen LogP contribution in [0.15, 0.2) is 11.6 Å². The van der Waals surface area contributed by atoms with Crippen LogP contribution in [0.1, 0.15) is 115 Å². The Morgan fingerprint density at radius 2 is 1.23 bits per heavy atom. The summed E-state index contributed by atoms with van der Waals surface area (Å²) in [5.41, 5.74) is 0. The van der Waals surface area contributed by atoms with E-state index in [9.17, 15) is 9.59 Å². The first-order valence-corrected chi connectivity index (χ1v) is 15.8. The summed E-state index contributed by atoms with van der Waals surface area (Å²) in [4.78, 5) is 26.8. The largest absolute Gasteiger partial charge is 1.00 e. The Hall–Kier alpha value is -1.39. The monoisotopic (exact) mass is 635 g/mol. The van der Waals surface area contributed by atoms with Gasteiger partial charge in [0.05, 0.1) is 11.8 Å². The normalized spacial score (nSPS) is 11.4. The molecule has 1 heterocycles. The molecular formula is C29H54BrN3O5S. The zero-order valence-electron chi connectivity index (χ0n) is 24.4. The van der Waals surface area contributed by atoms with Gasteiger partial charge < -0.3 is 41.8 Å². The second kappa shape index (κ2) is 28.1. The lowest BCUT2D eigenvalue weighted by Gasteiger charge is -2.16. The zero-order chi connectivity index (χ0) is 27.5. The summed E-state index contributed by atoms with van der Waals surface area (Å²) in [7, 11) is 1.50. The number of nitrogens with one attached hydrogen (secondary N) is 3. The average molecular weight is 637 g/mol. The maximum Gasteiger partial charge on any atom is 0.407 e. The van der Waals surface area contributed by atoms with Crippen molar-refractivity contribution < 1.29 is 45.8 Å². The van der Waals surface area contributed by atoms with Gasteiger partial charge in [-0.2, -0.15) is 0 Å². The molecule has 0 radical (unpaired) electrons. The molecule has 1 aromatic heterocycles. The average Bonchev–Trinajstić information content (AvgIpc) is 3.44. The number of hydrogen-bond donors (Lipinski definition) is 2. The van der Waals surface area contributed by atoms with E-state index in [0.29, 0.717) is 19.5 Å². The number of unbranched alkanes of at least 4 members (excludes halogenated alkanes) is 15. The maximum atomic E-state index is 11.9. The molecule has 3 N–H and O–H groups in total. The maximum absolute atomic E-state index is 11.9. The molecule has 0 saturated carbocycles. The van der Waals surface area contributed by atoms with Crippen LogP contribution in [0.2, 0.25) is 0 Å². The highest BCUT2D eigenvalue weighted by Gasteiger charge is 2.14. The number of hydrogen-bond acceptors (Lipinski definition) is 6. The Bertz CT molecular complexity index is 682. The molecule has 0 spiro atoms. The van der Waals surface area contributed by atoms with Gasteiger partial charge in [0, 0.05) is 20.2 Å². The standard InChI is InChI=1S/C29H53N3O5S.BrH/c1-3-4-5-6-7-8-9-10-11-12-13-14-15-16-17-18-20-31-28(33)36-24-26(35-2)25-37-29(34)32-21-19-27-30-22-23-38-27;/h22-23,26H,3-21,24-25H2,1-2H3,(H,31,33)(H,32,34);1H. The topological polar surface area (TPSA) is 100 Å². The molecule has 1 atom stereocenters. The molecule has 0 fully saturated rings. The zero-order valence-corrected chi connectivity index (χ0v) is 26.8. The number of H-pyrrole nitrogens is 1. The molecule has 1 aromatic rings. The van der Waals surface area contributed by atoms with E-state index in [1.165, 1.54) is 97.0 Å². The lowest BCUT2D eigenvalue weighted by atomic mass is 10.0. The van der Waals surface area contributed by atoms with Gasteiger partial charge >= 0.3 is 12.2 Å². The minimum atomic E-state index is -0.517. The Balaban J connectivity index is 0.0000144. The molecule has 10 heteroatoms. The van der Waals surface area contributed by atoms with Gasteiger partial charge in [0.25, 0.3) is 0 Å². The third-order valence-electron chi connectivity index (χ3n) is 6.58. The number of amides is 2. The van der Waals surface area contributed by atoms with E-state index in [4.69, 9.17) is 14.2 Å². The fourth-order valence-electron chi connectivity index (χ4n) is 4.17. The van der Waals surface area contributed by atoms with Gasteiger partial charge in [-0.1, -0.05) is 115 Å². The van der Waals surface area contributed by atoms with E-state index in [1.807, 2.05) is 11.6 Å². The van der Waals surface area contributed by atoms with Gasteiger partial charge in [-0.25, -0.2) is 14.6 Å². The smallest absolute Gasteiger partial charge is 0.407 e. The van der Waals surface area contributed by atoms with Gasteiger partial charge in [-0.05, 0) is 6.42 Å². The Labute approximate surface area is 251 Å². The second-order valence-electron chi connectivity index (χ2n) is 9.95. The highest BCUT2D eigenvalue weighted by molar-refractivity contribution is 7.09. The molecule has 1 unspecified atom stereocenters. The number of alkyl carbamates (subject to hydrolysis) is 2. The predicted molar refractivity (Wildman–Crippen MR) is 154 cm³/mol. The highest BCUT2D eigenvalue weighted by Crippen LogP contribution is 2.13. The number of carbonyl (C=O) groups excluding carboxylic acids is 2. The minimum Gasteiger partial charge on any atom is -1.00 e. The Kier molecular flexibility index (Phi) is 27.1. The van der Waals surface area contributed by atoms with Crippen molar-refractivity contribution in [3.63, 3.8) is 0 Å². The molecule has 0 aromatic carbocycles. The Morgan fingerprint density at radius 3 is 1.67 bits per heavy atom. The van der Waals surface area contributed by atoms with Crippen molar-refractivity contribution in [1.29, 1.82) is 0 Å². The highest BCUT2D eigenvalue weighted by atomic mass is 79.9. The summed E-state index contributed by atoms with van der Waals surface area (Å²) in [5, 5.41) is 8.50. The van der Waals surface area contributed by atoms with Crippen LogP contribution in [0.25, 0.3) is 0 Å². The van der Waals surface area contributed by atoms with Crippen LogP contribution in [0, 0.1) is 0 Å². The number of aromatic nitrogens is 1. The number of rotatable bonds is 25. The van der Waals surface area contributed by atoms with Crippen LogP contribution < -0.4 is 32.6 Å². The number of halogens is 1. The molecule has 8 nitrogen and oxygen atoms in total. The number of thiazole rings is 1. The van der Waals surface area contributed by atoms with Crippen LogP contribution in [0.5, 0.6) is 0 Å². The quantitative estimate of drug-likeness (QED) is 0.159. The van der Waals surface area contributed by atoms with E-state index in [-0.39, 0.29) is 30.2 Å².